The normalized spacial score (nSPS) is 22.2. The third-order valence-electron chi connectivity index (χ3n) is 4.74. The van der Waals surface area contributed by atoms with E-state index in [0.29, 0.717) is 6.04 Å². The van der Waals surface area contributed by atoms with Crippen LogP contribution in [0, 0.1) is 0 Å². The number of anilines is 1. The number of hydrogen-bond acceptors (Lipinski definition) is 7. The van der Waals surface area contributed by atoms with Crippen LogP contribution in [0.5, 0.6) is 0 Å². The largest absolute Gasteiger partial charge is 0.353 e. The van der Waals surface area contributed by atoms with Gasteiger partial charge in [-0.3, -0.25) is 14.7 Å². The number of nitrogens with zero attached hydrogens (tertiary/aromatic N) is 6. The monoisotopic (exact) mass is 324 g/mol. The molecule has 2 saturated heterocycles. The Labute approximate surface area is 137 Å². The fourth-order valence-electron chi connectivity index (χ4n) is 3.21. The van der Waals surface area contributed by atoms with Crippen LogP contribution in [0.15, 0.2) is 0 Å². The van der Waals surface area contributed by atoms with Crippen LogP contribution in [-0.2, 0) is 6.54 Å². The minimum Gasteiger partial charge on any atom is -0.353 e. The van der Waals surface area contributed by atoms with Gasteiger partial charge >= 0.3 is 0 Å². The average molecular weight is 324 g/mol. The molecule has 3 heterocycles. The highest BCUT2D eigenvalue weighted by Gasteiger charge is 2.34. The highest BCUT2D eigenvalue weighted by molar-refractivity contribution is 7.09. The van der Waals surface area contributed by atoms with E-state index in [4.69, 9.17) is 0 Å². The summed E-state index contributed by atoms with van der Waals surface area (Å²) in [5.41, 5.74) is 0. The highest BCUT2D eigenvalue weighted by Crippen LogP contribution is 2.21. The van der Waals surface area contributed by atoms with Crippen LogP contribution in [-0.4, -0.2) is 89.5 Å². The molecule has 0 N–H and O–H groups in total. The van der Waals surface area contributed by atoms with Crippen LogP contribution in [0.4, 0.5) is 5.13 Å². The van der Waals surface area contributed by atoms with E-state index >= 15 is 0 Å². The maximum Gasteiger partial charge on any atom is 0.204 e. The van der Waals surface area contributed by atoms with Gasteiger partial charge in [-0.15, -0.1) is 0 Å². The predicted molar refractivity (Wildman–Crippen MR) is 91.6 cm³/mol. The van der Waals surface area contributed by atoms with Gasteiger partial charge in [0.2, 0.25) is 5.13 Å². The molecular weight excluding hydrogens is 296 g/mol. The molecule has 0 atom stereocenters. The van der Waals surface area contributed by atoms with Crippen molar-refractivity contribution in [2.75, 3.05) is 58.3 Å². The smallest absolute Gasteiger partial charge is 0.204 e. The van der Waals surface area contributed by atoms with Gasteiger partial charge in [0.15, 0.2) is 5.82 Å². The molecule has 3 rings (SSSR count). The molecule has 0 saturated carbocycles. The molecule has 2 fully saturated rings. The summed E-state index contributed by atoms with van der Waals surface area (Å²) in [6.45, 7) is 12.7. The Morgan fingerprint density at radius 2 is 1.86 bits per heavy atom. The van der Waals surface area contributed by atoms with Crippen LogP contribution in [0.2, 0.25) is 0 Å². The molecular formula is C15H28N6S. The quantitative estimate of drug-likeness (QED) is 0.798. The van der Waals surface area contributed by atoms with Crippen molar-refractivity contribution in [2.24, 2.45) is 0 Å². The molecule has 0 bridgehead atoms. The molecule has 0 aliphatic carbocycles. The van der Waals surface area contributed by atoms with E-state index in [2.05, 4.69) is 37.9 Å². The second kappa shape index (κ2) is 6.78. The lowest BCUT2D eigenvalue weighted by molar-refractivity contribution is -0.00500. The first-order chi connectivity index (χ1) is 10.5. The molecule has 1 aromatic heterocycles. The maximum atomic E-state index is 4.57. The number of likely N-dealkylation sites (tertiary alicyclic amines) is 1. The summed E-state index contributed by atoms with van der Waals surface area (Å²) in [5, 5.41) is 0.997. The third kappa shape index (κ3) is 3.59. The molecule has 1 aromatic rings. The SMILES string of the molecule is CC(C)N1CCN(C2CN(Cc3nsc(N(C)C)n3)C2)CC1. The second-order valence-electron chi connectivity index (χ2n) is 6.90. The minimum absolute atomic E-state index is 0.682. The van der Waals surface area contributed by atoms with Crippen molar-refractivity contribution in [1.29, 1.82) is 0 Å². The Bertz CT molecular complexity index is 474. The van der Waals surface area contributed by atoms with Crippen LogP contribution in [0.25, 0.3) is 0 Å². The van der Waals surface area contributed by atoms with Crippen molar-refractivity contribution in [3.8, 4) is 0 Å². The van der Waals surface area contributed by atoms with Gasteiger partial charge in [0.1, 0.15) is 0 Å². The lowest BCUT2D eigenvalue weighted by Gasteiger charge is -2.48. The van der Waals surface area contributed by atoms with Gasteiger partial charge in [-0.05, 0) is 13.8 Å². The molecule has 0 radical (unpaired) electrons. The Morgan fingerprint density at radius 3 is 2.41 bits per heavy atom. The lowest BCUT2D eigenvalue weighted by Crippen LogP contribution is -2.63. The predicted octanol–water partition coefficient (Wildman–Crippen LogP) is 0.814. The van der Waals surface area contributed by atoms with E-state index < -0.39 is 0 Å². The summed E-state index contributed by atoms with van der Waals surface area (Å²) < 4.78 is 4.45. The first-order valence-corrected chi connectivity index (χ1v) is 9.00. The van der Waals surface area contributed by atoms with Crippen LogP contribution >= 0.6 is 11.5 Å². The van der Waals surface area contributed by atoms with E-state index in [9.17, 15) is 0 Å². The van der Waals surface area contributed by atoms with Gasteiger partial charge in [0, 0.05) is 77.0 Å². The molecule has 0 amide bonds. The van der Waals surface area contributed by atoms with Crippen molar-refractivity contribution in [3.05, 3.63) is 5.82 Å². The zero-order chi connectivity index (χ0) is 15.7. The highest BCUT2D eigenvalue weighted by atomic mass is 32.1. The van der Waals surface area contributed by atoms with Gasteiger partial charge in [0.05, 0.1) is 6.54 Å². The van der Waals surface area contributed by atoms with E-state index in [-0.39, 0.29) is 0 Å². The van der Waals surface area contributed by atoms with Gasteiger partial charge < -0.3 is 4.90 Å². The molecule has 2 aliphatic rings. The van der Waals surface area contributed by atoms with E-state index in [1.807, 2.05) is 19.0 Å². The number of piperazine rings is 1. The van der Waals surface area contributed by atoms with E-state index in [1.54, 1.807) is 0 Å². The Kier molecular flexibility index (Phi) is 4.97. The molecule has 0 aromatic carbocycles. The molecule has 0 spiro atoms. The first-order valence-electron chi connectivity index (χ1n) is 8.23. The zero-order valence-electron chi connectivity index (χ0n) is 14.2. The van der Waals surface area contributed by atoms with Gasteiger partial charge in [-0.25, -0.2) is 4.98 Å². The van der Waals surface area contributed by atoms with Crippen molar-refractivity contribution in [3.63, 3.8) is 0 Å². The van der Waals surface area contributed by atoms with Crippen LogP contribution < -0.4 is 4.90 Å². The van der Waals surface area contributed by atoms with E-state index in [1.165, 1.54) is 37.7 Å². The second-order valence-corrected chi connectivity index (χ2v) is 7.63. The standard InChI is InChI=1S/C15H28N6S/c1-12(2)20-5-7-21(8-6-20)13-9-19(10-13)11-14-16-15(18(3)4)22-17-14/h12-13H,5-11H2,1-4H3. The molecule has 22 heavy (non-hydrogen) atoms. The fourth-order valence-corrected chi connectivity index (χ4v) is 3.81. The minimum atomic E-state index is 0.682. The Morgan fingerprint density at radius 1 is 1.18 bits per heavy atom. The van der Waals surface area contributed by atoms with Crippen LogP contribution in [0.3, 0.4) is 0 Å². The fraction of sp³-hybridized carbons (Fsp3) is 0.867. The third-order valence-corrected chi connectivity index (χ3v) is 5.66. The zero-order valence-corrected chi connectivity index (χ0v) is 15.0. The lowest BCUT2D eigenvalue weighted by atomic mass is 10.1. The number of aromatic nitrogens is 2. The van der Waals surface area contributed by atoms with Crippen molar-refractivity contribution in [1.82, 2.24) is 24.1 Å². The summed E-state index contributed by atoms with van der Waals surface area (Å²) >= 11 is 1.49. The summed E-state index contributed by atoms with van der Waals surface area (Å²) in [5.74, 6) is 0.969. The summed E-state index contributed by atoms with van der Waals surface area (Å²) in [4.78, 5) is 14.3. The average Bonchev–Trinajstić information content (AvgIpc) is 2.91. The van der Waals surface area contributed by atoms with E-state index in [0.717, 1.165) is 36.6 Å². The van der Waals surface area contributed by atoms with Crippen molar-refractivity contribution < 1.29 is 0 Å². The van der Waals surface area contributed by atoms with Crippen LogP contribution in [0.1, 0.15) is 19.7 Å². The summed E-state index contributed by atoms with van der Waals surface area (Å²) in [6.07, 6.45) is 0. The Hall–Kier alpha value is -0.760. The summed E-state index contributed by atoms with van der Waals surface area (Å²) in [7, 11) is 4.03. The Balaban J connectivity index is 1.41. The molecule has 2 aliphatic heterocycles. The first kappa shape index (κ1) is 16.1. The van der Waals surface area contributed by atoms with Gasteiger partial charge in [0.25, 0.3) is 0 Å². The molecule has 0 unspecified atom stereocenters. The van der Waals surface area contributed by atoms with Crippen molar-refractivity contribution >= 4 is 16.7 Å². The number of rotatable bonds is 5. The molecule has 6 nitrogen and oxygen atoms in total. The number of hydrogen-bond donors (Lipinski definition) is 0. The van der Waals surface area contributed by atoms with Gasteiger partial charge in [-0.2, -0.15) is 4.37 Å². The summed E-state index contributed by atoms with van der Waals surface area (Å²) in [6, 6.07) is 1.42. The molecule has 124 valence electrons. The topological polar surface area (TPSA) is 38.7 Å². The maximum absolute atomic E-state index is 4.57. The van der Waals surface area contributed by atoms with Gasteiger partial charge in [-0.1, -0.05) is 0 Å². The molecule has 7 heteroatoms. The van der Waals surface area contributed by atoms with Crippen molar-refractivity contribution in [2.45, 2.75) is 32.5 Å².